The van der Waals surface area contributed by atoms with Gasteiger partial charge in [-0.05, 0) is 23.7 Å². The first-order valence-corrected chi connectivity index (χ1v) is 5.00. The van der Waals surface area contributed by atoms with Gasteiger partial charge in [-0.1, -0.05) is 34.8 Å². The molecule has 2 rings (SSSR count). The van der Waals surface area contributed by atoms with Crippen molar-refractivity contribution in [3.8, 4) is 0 Å². The summed E-state index contributed by atoms with van der Waals surface area (Å²) in [5.74, 6) is 0. The minimum Gasteiger partial charge on any atom is -0.189 e. The zero-order valence-corrected chi connectivity index (χ0v) is 8.73. The fourth-order valence-electron chi connectivity index (χ4n) is 0.923. The molecule has 0 spiro atoms. The highest BCUT2D eigenvalue weighted by molar-refractivity contribution is 7.12. The lowest BCUT2D eigenvalue weighted by molar-refractivity contribution is 1.66. The van der Waals surface area contributed by atoms with E-state index in [-0.39, 0.29) is 0 Å². The molecule has 0 atom stereocenters. The third-order valence-electron chi connectivity index (χ3n) is 1.50. The highest BCUT2D eigenvalue weighted by atomic mass is 35.5. The van der Waals surface area contributed by atoms with Crippen LogP contribution in [0.15, 0.2) is 12.1 Å². The van der Waals surface area contributed by atoms with Crippen LogP contribution in [0.1, 0.15) is 0 Å². The van der Waals surface area contributed by atoms with Gasteiger partial charge in [-0.25, -0.2) is 0 Å². The van der Waals surface area contributed by atoms with Crippen molar-refractivity contribution in [1.82, 2.24) is 4.37 Å². The largest absolute Gasteiger partial charge is 0.189 e. The van der Waals surface area contributed by atoms with E-state index in [1.807, 2.05) is 6.07 Å². The number of rotatable bonds is 0. The number of hydrogen-bond acceptors (Lipinski definition) is 2. The Labute approximate surface area is 88.0 Å². The van der Waals surface area contributed by atoms with E-state index in [2.05, 4.69) is 4.37 Å². The average molecular weight is 239 g/mol. The summed E-state index contributed by atoms with van der Waals surface area (Å²) in [6.07, 6.45) is 0. The van der Waals surface area contributed by atoms with Crippen LogP contribution in [0.4, 0.5) is 0 Å². The summed E-state index contributed by atoms with van der Waals surface area (Å²) in [5.41, 5.74) is 0.680. The molecule has 0 saturated carbocycles. The molecule has 0 N–H and O–H groups in total. The van der Waals surface area contributed by atoms with Gasteiger partial charge < -0.3 is 0 Å². The van der Waals surface area contributed by atoms with E-state index in [4.69, 9.17) is 34.8 Å². The molecule has 0 unspecified atom stereocenters. The van der Waals surface area contributed by atoms with Gasteiger partial charge in [0.1, 0.15) is 9.85 Å². The lowest BCUT2D eigenvalue weighted by Crippen LogP contribution is -1.71. The van der Waals surface area contributed by atoms with Gasteiger partial charge in [-0.2, -0.15) is 4.37 Å². The maximum absolute atomic E-state index is 5.89. The highest BCUT2D eigenvalue weighted by Gasteiger charge is 2.09. The van der Waals surface area contributed by atoms with Gasteiger partial charge in [0.2, 0.25) is 0 Å². The lowest BCUT2D eigenvalue weighted by atomic mass is 10.3. The fourth-order valence-corrected chi connectivity index (χ4v) is 2.21. The normalized spacial score (nSPS) is 10.9. The molecule has 0 fully saturated rings. The quantitative estimate of drug-likeness (QED) is 0.668. The Hall–Kier alpha value is -0.0200. The smallest absolute Gasteiger partial charge is 0.121 e. The highest BCUT2D eigenvalue weighted by Crippen LogP contribution is 2.35. The molecular weight excluding hydrogens is 237 g/mol. The summed E-state index contributed by atoms with van der Waals surface area (Å²) in [5, 5.41) is 1.83. The van der Waals surface area contributed by atoms with E-state index >= 15 is 0 Å². The first-order valence-electron chi connectivity index (χ1n) is 3.09. The standard InChI is InChI=1S/C7H2Cl3NS/c8-4-2-1-3-6(5(4)9)11-12-7(3)10/h1-2H. The van der Waals surface area contributed by atoms with E-state index in [0.29, 0.717) is 19.9 Å². The van der Waals surface area contributed by atoms with Crippen molar-refractivity contribution in [2.75, 3.05) is 0 Å². The molecule has 1 nitrogen and oxygen atoms in total. The van der Waals surface area contributed by atoms with Crippen LogP contribution >= 0.6 is 46.3 Å². The van der Waals surface area contributed by atoms with Gasteiger partial charge in [0.25, 0.3) is 0 Å². The summed E-state index contributed by atoms with van der Waals surface area (Å²) in [4.78, 5) is 0. The van der Waals surface area contributed by atoms with Crippen LogP contribution < -0.4 is 0 Å². The van der Waals surface area contributed by atoms with Crippen molar-refractivity contribution < 1.29 is 0 Å². The predicted octanol–water partition coefficient (Wildman–Crippen LogP) is 4.26. The Kier molecular flexibility index (Phi) is 2.17. The molecule has 2 aromatic rings. The van der Waals surface area contributed by atoms with Gasteiger partial charge >= 0.3 is 0 Å². The SMILES string of the molecule is Clc1ccc2c(Cl)snc2c1Cl. The molecule has 0 radical (unpaired) electrons. The molecule has 0 aliphatic carbocycles. The predicted molar refractivity (Wildman–Crippen MR) is 54.7 cm³/mol. The Morgan fingerprint density at radius 3 is 2.67 bits per heavy atom. The Morgan fingerprint density at radius 1 is 1.17 bits per heavy atom. The van der Waals surface area contributed by atoms with Gasteiger partial charge in [0, 0.05) is 5.39 Å². The number of halogens is 3. The minimum atomic E-state index is 0.470. The third-order valence-corrected chi connectivity index (χ3v) is 3.36. The third kappa shape index (κ3) is 1.19. The van der Waals surface area contributed by atoms with Crippen LogP contribution in [-0.2, 0) is 0 Å². The van der Waals surface area contributed by atoms with Crippen LogP contribution in [0.25, 0.3) is 10.9 Å². The number of nitrogens with zero attached hydrogens (tertiary/aromatic N) is 1. The molecule has 0 saturated heterocycles. The first-order chi connectivity index (χ1) is 5.70. The van der Waals surface area contributed by atoms with Gasteiger partial charge in [0.05, 0.1) is 10.0 Å². The molecule has 62 valence electrons. The van der Waals surface area contributed by atoms with Crippen molar-refractivity contribution >= 4 is 57.2 Å². The van der Waals surface area contributed by atoms with E-state index in [0.717, 1.165) is 5.39 Å². The van der Waals surface area contributed by atoms with E-state index < -0.39 is 0 Å². The van der Waals surface area contributed by atoms with Crippen LogP contribution in [0.5, 0.6) is 0 Å². The minimum absolute atomic E-state index is 0.470. The molecule has 1 aromatic carbocycles. The maximum atomic E-state index is 5.89. The molecule has 12 heavy (non-hydrogen) atoms. The maximum Gasteiger partial charge on any atom is 0.121 e. The summed E-state index contributed by atoms with van der Waals surface area (Å²) < 4.78 is 4.71. The molecule has 0 aliphatic rings. The molecule has 5 heteroatoms. The van der Waals surface area contributed by atoms with E-state index in [1.165, 1.54) is 11.5 Å². The number of aromatic nitrogens is 1. The second-order valence-corrected chi connectivity index (χ2v) is 4.37. The van der Waals surface area contributed by atoms with Crippen molar-refractivity contribution in [2.45, 2.75) is 0 Å². The van der Waals surface area contributed by atoms with Gasteiger partial charge in [-0.3, -0.25) is 0 Å². The molecule has 0 aliphatic heterocycles. The van der Waals surface area contributed by atoms with E-state index in [9.17, 15) is 0 Å². The van der Waals surface area contributed by atoms with Crippen LogP contribution in [0.2, 0.25) is 14.4 Å². The topological polar surface area (TPSA) is 12.9 Å². The Morgan fingerprint density at radius 2 is 1.92 bits per heavy atom. The van der Waals surface area contributed by atoms with Crippen LogP contribution in [0, 0.1) is 0 Å². The van der Waals surface area contributed by atoms with Crippen molar-refractivity contribution in [3.05, 3.63) is 26.5 Å². The lowest BCUT2D eigenvalue weighted by Gasteiger charge is -1.94. The zero-order valence-electron chi connectivity index (χ0n) is 5.64. The summed E-state index contributed by atoms with van der Waals surface area (Å²) in [7, 11) is 0. The van der Waals surface area contributed by atoms with E-state index in [1.54, 1.807) is 6.07 Å². The zero-order chi connectivity index (χ0) is 8.72. The van der Waals surface area contributed by atoms with Gasteiger partial charge in [-0.15, -0.1) is 0 Å². The van der Waals surface area contributed by atoms with Crippen molar-refractivity contribution in [2.24, 2.45) is 0 Å². The van der Waals surface area contributed by atoms with Gasteiger partial charge in [0.15, 0.2) is 0 Å². The first kappa shape index (κ1) is 8.57. The van der Waals surface area contributed by atoms with Crippen molar-refractivity contribution in [1.29, 1.82) is 0 Å². The van der Waals surface area contributed by atoms with Crippen molar-refractivity contribution in [3.63, 3.8) is 0 Å². The molecule has 0 bridgehead atoms. The van der Waals surface area contributed by atoms with Crippen LogP contribution in [-0.4, -0.2) is 4.37 Å². The molecule has 1 aromatic heterocycles. The number of fused-ring (bicyclic) bond motifs is 1. The Balaban J connectivity index is 2.93. The summed E-state index contributed by atoms with van der Waals surface area (Å²) in [6, 6.07) is 3.53. The average Bonchev–Trinajstić information content (AvgIpc) is 2.41. The fraction of sp³-hybridized carbons (Fsp3) is 0. The summed E-state index contributed by atoms with van der Waals surface area (Å²) >= 11 is 18.7. The number of benzene rings is 1. The second kappa shape index (κ2) is 3.04. The molecule has 0 amide bonds. The molecule has 1 heterocycles. The monoisotopic (exact) mass is 237 g/mol. The number of hydrogen-bond donors (Lipinski definition) is 0. The Bertz CT molecular complexity index is 437. The summed E-state index contributed by atoms with van der Waals surface area (Å²) in [6.45, 7) is 0. The second-order valence-electron chi connectivity index (χ2n) is 2.21. The molecular formula is C7H2Cl3NS. The van der Waals surface area contributed by atoms with Crippen LogP contribution in [0.3, 0.4) is 0 Å².